The van der Waals surface area contributed by atoms with Gasteiger partial charge in [0.05, 0.1) is 12.3 Å². The van der Waals surface area contributed by atoms with Crippen LogP contribution >= 0.6 is 11.3 Å². The monoisotopic (exact) mass is 345 g/mol. The molecular weight excluding hydrogens is 322 g/mol. The number of hydrogen-bond acceptors (Lipinski definition) is 5. The highest BCUT2D eigenvalue weighted by molar-refractivity contribution is 7.13. The molecule has 2 aromatic rings. The Morgan fingerprint density at radius 2 is 2.04 bits per heavy atom. The predicted molar refractivity (Wildman–Crippen MR) is 95.9 cm³/mol. The molecule has 128 valence electrons. The van der Waals surface area contributed by atoms with Crippen molar-refractivity contribution in [3.63, 3.8) is 0 Å². The van der Waals surface area contributed by atoms with Crippen molar-refractivity contribution in [1.29, 1.82) is 0 Å². The molecule has 1 aromatic heterocycles. The molecule has 1 aliphatic heterocycles. The first-order chi connectivity index (χ1) is 11.7. The van der Waals surface area contributed by atoms with Gasteiger partial charge in [0.2, 0.25) is 5.91 Å². The molecule has 0 aliphatic carbocycles. The van der Waals surface area contributed by atoms with Crippen LogP contribution in [0.25, 0.3) is 10.6 Å². The van der Waals surface area contributed by atoms with Crippen LogP contribution in [0.2, 0.25) is 0 Å². The van der Waals surface area contributed by atoms with Gasteiger partial charge in [-0.3, -0.25) is 9.69 Å². The fourth-order valence-electron chi connectivity index (χ4n) is 2.98. The number of amides is 1. The number of thiazole rings is 1. The minimum atomic E-state index is -0.166. The Morgan fingerprint density at radius 1 is 1.33 bits per heavy atom. The van der Waals surface area contributed by atoms with Crippen LogP contribution in [0.5, 0.6) is 5.75 Å². The van der Waals surface area contributed by atoms with Crippen molar-refractivity contribution in [2.75, 3.05) is 19.7 Å². The highest BCUT2D eigenvalue weighted by Crippen LogP contribution is 2.27. The van der Waals surface area contributed by atoms with E-state index in [1.165, 1.54) is 0 Å². The Balaban J connectivity index is 1.58. The number of hydrogen-bond donors (Lipinski definition) is 1. The Labute approximate surface area is 146 Å². The number of rotatable bonds is 6. The smallest absolute Gasteiger partial charge is 0.220 e. The first-order valence-electron chi connectivity index (χ1n) is 8.35. The van der Waals surface area contributed by atoms with Crippen LogP contribution in [0.3, 0.4) is 0 Å². The second-order valence-electron chi connectivity index (χ2n) is 6.05. The molecule has 2 heterocycles. The van der Waals surface area contributed by atoms with E-state index in [0.717, 1.165) is 54.5 Å². The standard InChI is InChI=1S/C18H23N3O2S/c1-2-23-16-5-3-14(4-6-16)18-20-15(12-24-18)11-21-9-7-13(8-10-21)17(19)22/h3-6,12-13H,2,7-11H2,1H3,(H2,19,22). The van der Waals surface area contributed by atoms with E-state index in [4.69, 9.17) is 15.5 Å². The average molecular weight is 345 g/mol. The van der Waals surface area contributed by atoms with Crippen molar-refractivity contribution >= 4 is 17.2 Å². The van der Waals surface area contributed by atoms with Gasteiger partial charge in [-0.2, -0.15) is 0 Å². The molecule has 6 heteroatoms. The van der Waals surface area contributed by atoms with Gasteiger partial charge >= 0.3 is 0 Å². The fraction of sp³-hybridized carbons (Fsp3) is 0.444. The van der Waals surface area contributed by atoms with Crippen LogP contribution < -0.4 is 10.5 Å². The summed E-state index contributed by atoms with van der Waals surface area (Å²) >= 11 is 1.66. The van der Waals surface area contributed by atoms with Crippen molar-refractivity contribution in [2.24, 2.45) is 11.7 Å². The summed E-state index contributed by atoms with van der Waals surface area (Å²) in [6, 6.07) is 8.06. The van der Waals surface area contributed by atoms with Crippen LogP contribution in [-0.4, -0.2) is 35.5 Å². The van der Waals surface area contributed by atoms with Crippen molar-refractivity contribution in [3.05, 3.63) is 35.3 Å². The van der Waals surface area contributed by atoms with Crippen LogP contribution in [-0.2, 0) is 11.3 Å². The number of ether oxygens (including phenoxy) is 1. The molecule has 0 radical (unpaired) electrons. The maximum absolute atomic E-state index is 11.2. The summed E-state index contributed by atoms with van der Waals surface area (Å²) < 4.78 is 5.47. The van der Waals surface area contributed by atoms with E-state index in [1.807, 2.05) is 31.2 Å². The largest absolute Gasteiger partial charge is 0.494 e. The van der Waals surface area contributed by atoms with E-state index >= 15 is 0 Å². The number of nitrogens with zero attached hydrogens (tertiary/aromatic N) is 2. The summed E-state index contributed by atoms with van der Waals surface area (Å²) in [6.45, 7) is 5.30. The maximum Gasteiger partial charge on any atom is 0.220 e. The van der Waals surface area contributed by atoms with Gasteiger partial charge in [0.25, 0.3) is 0 Å². The number of carbonyl (C=O) groups is 1. The van der Waals surface area contributed by atoms with Crippen LogP contribution in [0.1, 0.15) is 25.5 Å². The number of piperidine rings is 1. The number of likely N-dealkylation sites (tertiary alicyclic amines) is 1. The molecule has 0 spiro atoms. The third kappa shape index (κ3) is 4.13. The van der Waals surface area contributed by atoms with Crippen LogP contribution in [0.4, 0.5) is 0 Å². The minimum Gasteiger partial charge on any atom is -0.494 e. The summed E-state index contributed by atoms with van der Waals surface area (Å²) in [5.41, 5.74) is 7.58. The molecule has 0 unspecified atom stereocenters. The minimum absolute atomic E-state index is 0.0381. The fourth-order valence-corrected chi connectivity index (χ4v) is 3.79. The Morgan fingerprint density at radius 3 is 2.67 bits per heavy atom. The normalized spacial score (nSPS) is 16.2. The van der Waals surface area contributed by atoms with Crippen molar-refractivity contribution in [2.45, 2.75) is 26.3 Å². The number of carbonyl (C=O) groups excluding carboxylic acids is 1. The number of nitrogens with two attached hydrogens (primary N) is 1. The Hall–Kier alpha value is -1.92. The number of aromatic nitrogens is 1. The number of benzene rings is 1. The summed E-state index contributed by atoms with van der Waals surface area (Å²) in [4.78, 5) is 18.3. The molecule has 0 saturated carbocycles. The van der Waals surface area contributed by atoms with Gasteiger partial charge in [-0.25, -0.2) is 4.98 Å². The molecule has 1 fully saturated rings. The van der Waals surface area contributed by atoms with Gasteiger partial charge in [-0.15, -0.1) is 11.3 Å². The third-order valence-corrected chi connectivity index (χ3v) is 5.28. The van der Waals surface area contributed by atoms with Gasteiger partial charge in [0.15, 0.2) is 0 Å². The van der Waals surface area contributed by atoms with Gasteiger partial charge < -0.3 is 10.5 Å². The average Bonchev–Trinajstić information content (AvgIpc) is 3.05. The van der Waals surface area contributed by atoms with Gasteiger partial charge in [-0.05, 0) is 57.1 Å². The first kappa shape index (κ1) is 16.9. The maximum atomic E-state index is 11.2. The lowest BCUT2D eigenvalue weighted by Crippen LogP contribution is -2.38. The zero-order valence-corrected chi connectivity index (χ0v) is 14.7. The second kappa shape index (κ2) is 7.77. The molecule has 1 aromatic carbocycles. The van der Waals surface area contributed by atoms with Crippen molar-refractivity contribution in [3.8, 4) is 16.3 Å². The van der Waals surface area contributed by atoms with Crippen molar-refractivity contribution < 1.29 is 9.53 Å². The number of primary amides is 1. The lowest BCUT2D eigenvalue weighted by molar-refractivity contribution is -0.123. The molecular formula is C18H23N3O2S. The molecule has 3 rings (SSSR count). The molecule has 1 amide bonds. The predicted octanol–water partition coefficient (Wildman–Crippen LogP) is 2.91. The van der Waals surface area contributed by atoms with Gasteiger partial charge in [0.1, 0.15) is 10.8 Å². The third-order valence-electron chi connectivity index (χ3n) is 4.34. The zero-order valence-electron chi connectivity index (χ0n) is 13.9. The molecule has 5 nitrogen and oxygen atoms in total. The molecule has 1 aliphatic rings. The summed E-state index contributed by atoms with van der Waals surface area (Å²) in [5.74, 6) is 0.757. The highest BCUT2D eigenvalue weighted by atomic mass is 32.1. The van der Waals surface area contributed by atoms with E-state index in [9.17, 15) is 4.79 Å². The summed E-state index contributed by atoms with van der Waals surface area (Å²) in [6.07, 6.45) is 1.70. The highest BCUT2D eigenvalue weighted by Gasteiger charge is 2.23. The Kier molecular flexibility index (Phi) is 5.48. The zero-order chi connectivity index (χ0) is 16.9. The summed E-state index contributed by atoms with van der Waals surface area (Å²) in [7, 11) is 0. The van der Waals surface area contributed by atoms with Crippen LogP contribution in [0, 0.1) is 5.92 Å². The molecule has 0 atom stereocenters. The lowest BCUT2D eigenvalue weighted by atomic mass is 9.96. The molecule has 1 saturated heterocycles. The van der Waals surface area contributed by atoms with E-state index < -0.39 is 0 Å². The Bertz CT molecular complexity index is 676. The lowest BCUT2D eigenvalue weighted by Gasteiger charge is -2.29. The van der Waals surface area contributed by atoms with Crippen molar-refractivity contribution in [1.82, 2.24) is 9.88 Å². The second-order valence-corrected chi connectivity index (χ2v) is 6.91. The molecule has 24 heavy (non-hydrogen) atoms. The molecule has 0 bridgehead atoms. The summed E-state index contributed by atoms with van der Waals surface area (Å²) in [5, 5.41) is 3.14. The van der Waals surface area contributed by atoms with E-state index in [0.29, 0.717) is 6.61 Å². The van der Waals surface area contributed by atoms with E-state index in [2.05, 4.69) is 10.3 Å². The topological polar surface area (TPSA) is 68.4 Å². The molecule has 2 N–H and O–H groups in total. The van der Waals surface area contributed by atoms with E-state index in [1.54, 1.807) is 11.3 Å². The van der Waals surface area contributed by atoms with E-state index in [-0.39, 0.29) is 11.8 Å². The van der Waals surface area contributed by atoms with Crippen LogP contribution in [0.15, 0.2) is 29.6 Å². The first-order valence-corrected chi connectivity index (χ1v) is 9.23. The SMILES string of the molecule is CCOc1ccc(-c2nc(CN3CCC(C(N)=O)CC3)cs2)cc1. The quantitative estimate of drug-likeness (QED) is 0.874. The van der Waals surface area contributed by atoms with Gasteiger partial charge in [0, 0.05) is 23.4 Å². The van der Waals surface area contributed by atoms with Gasteiger partial charge in [-0.1, -0.05) is 0 Å².